The third-order valence-electron chi connectivity index (χ3n) is 3.72. The number of benzene rings is 2. The van der Waals surface area contributed by atoms with E-state index in [4.69, 9.17) is 5.73 Å². The third-order valence-corrected chi connectivity index (χ3v) is 3.72. The molecule has 0 fully saturated rings. The van der Waals surface area contributed by atoms with Crippen LogP contribution in [0, 0.1) is 6.92 Å². The number of anilines is 1. The standard InChI is InChI=1S/C18H22BN2O/c1-12-8-9-15(11-16(12)19-4)21-17(22)13-6-5-7-14(10-13)18(2,3)20/h5-11H,20H2,1-4H3,(H,21,22). The molecule has 2 rings (SSSR count). The van der Waals surface area contributed by atoms with E-state index in [1.807, 2.05) is 71.3 Å². The number of nitrogens with one attached hydrogen (secondary N) is 1. The molecule has 2 aromatic carbocycles. The molecule has 0 bridgehead atoms. The van der Waals surface area contributed by atoms with Crippen LogP contribution in [0.4, 0.5) is 5.69 Å². The SMILES string of the molecule is C[B]c1cc(NC(=O)c2cccc(C(C)(C)N)c2)ccc1C. The van der Waals surface area contributed by atoms with E-state index in [-0.39, 0.29) is 5.91 Å². The monoisotopic (exact) mass is 293 g/mol. The topological polar surface area (TPSA) is 55.1 Å². The first-order chi connectivity index (χ1) is 10.3. The van der Waals surface area contributed by atoms with Crippen LogP contribution in [0.2, 0.25) is 6.82 Å². The van der Waals surface area contributed by atoms with Gasteiger partial charge in [0.05, 0.1) is 0 Å². The van der Waals surface area contributed by atoms with Crippen molar-refractivity contribution in [3.63, 3.8) is 0 Å². The molecule has 0 heterocycles. The first-order valence-electron chi connectivity index (χ1n) is 7.42. The molecule has 0 saturated heterocycles. The number of hydrogen-bond acceptors (Lipinski definition) is 2. The minimum atomic E-state index is -0.468. The van der Waals surface area contributed by atoms with Gasteiger partial charge in [-0.25, -0.2) is 0 Å². The highest BCUT2D eigenvalue weighted by atomic mass is 16.1. The van der Waals surface area contributed by atoms with Crippen molar-refractivity contribution in [2.75, 3.05) is 5.32 Å². The lowest BCUT2D eigenvalue weighted by molar-refractivity contribution is 0.102. The first-order valence-corrected chi connectivity index (χ1v) is 7.42. The zero-order valence-electron chi connectivity index (χ0n) is 13.6. The Morgan fingerprint density at radius 3 is 2.55 bits per heavy atom. The van der Waals surface area contributed by atoms with Gasteiger partial charge in [0.1, 0.15) is 7.28 Å². The summed E-state index contributed by atoms with van der Waals surface area (Å²) in [5.41, 5.74) is 10.3. The van der Waals surface area contributed by atoms with E-state index in [9.17, 15) is 4.79 Å². The van der Waals surface area contributed by atoms with E-state index in [1.165, 1.54) is 5.56 Å². The van der Waals surface area contributed by atoms with Crippen molar-refractivity contribution in [2.24, 2.45) is 5.73 Å². The summed E-state index contributed by atoms with van der Waals surface area (Å²) in [4.78, 5) is 12.4. The van der Waals surface area contributed by atoms with Gasteiger partial charge in [0, 0.05) is 16.8 Å². The summed E-state index contributed by atoms with van der Waals surface area (Å²) in [6.07, 6.45) is 0. The van der Waals surface area contributed by atoms with E-state index < -0.39 is 5.54 Å². The average molecular weight is 293 g/mol. The molecule has 2 aromatic rings. The maximum atomic E-state index is 12.4. The summed E-state index contributed by atoms with van der Waals surface area (Å²) < 4.78 is 0. The summed E-state index contributed by atoms with van der Waals surface area (Å²) >= 11 is 0. The predicted molar refractivity (Wildman–Crippen MR) is 94.0 cm³/mol. The van der Waals surface area contributed by atoms with E-state index in [0.29, 0.717) is 5.56 Å². The fraction of sp³-hybridized carbons (Fsp3) is 0.278. The summed E-state index contributed by atoms with van der Waals surface area (Å²) in [5.74, 6) is -0.128. The lowest BCUT2D eigenvalue weighted by atomic mass is 9.71. The predicted octanol–water partition coefficient (Wildman–Crippen LogP) is 2.82. The van der Waals surface area contributed by atoms with Gasteiger partial charge in [0.2, 0.25) is 0 Å². The van der Waals surface area contributed by atoms with Gasteiger partial charge in [-0.05, 0) is 50.6 Å². The molecule has 3 nitrogen and oxygen atoms in total. The number of amides is 1. The van der Waals surface area contributed by atoms with Crippen molar-refractivity contribution in [3.05, 3.63) is 59.2 Å². The number of nitrogens with two attached hydrogens (primary N) is 1. The number of carbonyl (C=O) groups is 1. The molecule has 0 aromatic heterocycles. The molecule has 0 aliphatic heterocycles. The molecular formula is C18H22BN2O. The van der Waals surface area contributed by atoms with Crippen LogP contribution >= 0.6 is 0 Å². The molecule has 1 amide bonds. The number of carbonyl (C=O) groups excluding carboxylic acids is 1. The van der Waals surface area contributed by atoms with Crippen LogP contribution in [0.5, 0.6) is 0 Å². The van der Waals surface area contributed by atoms with Crippen molar-refractivity contribution < 1.29 is 4.79 Å². The van der Waals surface area contributed by atoms with Gasteiger partial charge in [-0.3, -0.25) is 4.79 Å². The van der Waals surface area contributed by atoms with Crippen LogP contribution in [0.3, 0.4) is 0 Å². The van der Waals surface area contributed by atoms with Crippen LogP contribution in [-0.2, 0) is 5.54 Å². The van der Waals surface area contributed by atoms with Crippen LogP contribution < -0.4 is 16.5 Å². The van der Waals surface area contributed by atoms with Crippen molar-refractivity contribution in [1.82, 2.24) is 0 Å². The summed E-state index contributed by atoms with van der Waals surface area (Å²) in [6.45, 7) is 7.88. The zero-order chi connectivity index (χ0) is 16.3. The maximum absolute atomic E-state index is 12.4. The van der Waals surface area contributed by atoms with E-state index in [0.717, 1.165) is 16.7 Å². The van der Waals surface area contributed by atoms with Gasteiger partial charge in [0.25, 0.3) is 5.91 Å². The molecule has 0 atom stereocenters. The smallest absolute Gasteiger partial charge is 0.255 e. The number of hydrogen-bond donors (Lipinski definition) is 2. The fourth-order valence-corrected chi connectivity index (χ4v) is 2.29. The van der Waals surface area contributed by atoms with E-state index in [1.54, 1.807) is 6.07 Å². The van der Waals surface area contributed by atoms with Crippen molar-refractivity contribution >= 4 is 24.3 Å². The molecule has 0 spiro atoms. The molecule has 22 heavy (non-hydrogen) atoms. The Morgan fingerprint density at radius 1 is 1.18 bits per heavy atom. The summed E-state index contributed by atoms with van der Waals surface area (Å²) in [7, 11) is 2.03. The van der Waals surface area contributed by atoms with Gasteiger partial charge in [0.15, 0.2) is 0 Å². The molecule has 113 valence electrons. The highest BCUT2D eigenvalue weighted by Gasteiger charge is 2.16. The molecule has 0 aliphatic rings. The third kappa shape index (κ3) is 3.77. The lowest BCUT2D eigenvalue weighted by Gasteiger charge is -2.19. The van der Waals surface area contributed by atoms with E-state index in [2.05, 4.69) is 5.32 Å². The first kappa shape index (κ1) is 16.3. The van der Waals surface area contributed by atoms with Crippen LogP contribution in [0.1, 0.15) is 35.3 Å². The summed E-state index contributed by atoms with van der Waals surface area (Å²) in [5, 5.41) is 2.94. The van der Waals surface area contributed by atoms with E-state index >= 15 is 0 Å². The van der Waals surface area contributed by atoms with Gasteiger partial charge in [-0.2, -0.15) is 0 Å². The lowest BCUT2D eigenvalue weighted by Crippen LogP contribution is -2.29. The molecule has 1 radical (unpaired) electrons. The van der Waals surface area contributed by atoms with Crippen molar-refractivity contribution in [3.8, 4) is 0 Å². The molecule has 4 heteroatoms. The number of aryl methyl sites for hydroxylation is 1. The molecule has 0 unspecified atom stereocenters. The van der Waals surface area contributed by atoms with Crippen molar-refractivity contribution in [2.45, 2.75) is 33.1 Å². The largest absolute Gasteiger partial charge is 0.322 e. The fourth-order valence-electron chi connectivity index (χ4n) is 2.29. The summed E-state index contributed by atoms with van der Waals surface area (Å²) in [6, 6.07) is 13.3. The highest BCUT2D eigenvalue weighted by Crippen LogP contribution is 2.18. The molecule has 0 aliphatic carbocycles. The molecule has 0 saturated carbocycles. The molecular weight excluding hydrogens is 271 g/mol. The minimum Gasteiger partial charge on any atom is -0.322 e. The Hall–Kier alpha value is -2.07. The van der Waals surface area contributed by atoms with Crippen molar-refractivity contribution in [1.29, 1.82) is 0 Å². The Kier molecular flexibility index (Phi) is 4.72. The maximum Gasteiger partial charge on any atom is 0.255 e. The average Bonchev–Trinajstić information content (AvgIpc) is 2.48. The minimum absolute atomic E-state index is 0.128. The highest BCUT2D eigenvalue weighted by molar-refractivity contribution is 6.52. The van der Waals surface area contributed by atoms with Crippen LogP contribution in [0.25, 0.3) is 0 Å². The normalized spacial score (nSPS) is 11.1. The number of rotatable bonds is 4. The van der Waals surface area contributed by atoms with Gasteiger partial charge in [-0.15, -0.1) is 0 Å². The second-order valence-electron chi connectivity index (χ2n) is 6.12. The quantitative estimate of drug-likeness (QED) is 0.852. The Bertz CT molecular complexity index is 690. The van der Waals surface area contributed by atoms with Crippen LogP contribution in [0.15, 0.2) is 42.5 Å². The van der Waals surface area contributed by atoms with Crippen LogP contribution in [-0.4, -0.2) is 13.2 Å². The second kappa shape index (κ2) is 6.36. The second-order valence-corrected chi connectivity index (χ2v) is 6.12. The Balaban J connectivity index is 2.23. The van der Waals surface area contributed by atoms with Gasteiger partial charge >= 0.3 is 0 Å². The van der Waals surface area contributed by atoms with Gasteiger partial charge in [-0.1, -0.05) is 36.0 Å². The molecule has 3 N–H and O–H groups in total. The Labute approximate surface area is 133 Å². The Morgan fingerprint density at radius 2 is 1.91 bits per heavy atom. The van der Waals surface area contributed by atoms with Gasteiger partial charge < -0.3 is 11.1 Å². The zero-order valence-corrected chi connectivity index (χ0v) is 13.6.